The average molecular weight is 385 g/mol. The first kappa shape index (κ1) is 18.6. The molecule has 2 heterocycles. The zero-order chi connectivity index (χ0) is 18.9. The number of nitrogens with one attached hydrogen (secondary N) is 1. The minimum atomic E-state index is -4.60. The first-order chi connectivity index (χ1) is 12.2. The van der Waals surface area contributed by atoms with Crippen LogP contribution in [0.5, 0.6) is 5.88 Å². The topological polar surface area (TPSA) is 64.1 Å². The molecular formula is C17H18F3N3O2S. The highest BCUT2D eigenvalue weighted by atomic mass is 32.1. The summed E-state index contributed by atoms with van der Waals surface area (Å²) >= 11 is 1.37. The second-order valence-electron chi connectivity index (χ2n) is 6.72. The third-order valence-electron chi connectivity index (χ3n) is 3.94. The molecule has 0 aliphatic heterocycles. The number of hydrogen-bond donors (Lipinski definition) is 1. The van der Waals surface area contributed by atoms with E-state index >= 15 is 0 Å². The number of ether oxygens (including phenoxy) is 1. The number of hydrogen-bond acceptors (Lipinski definition) is 5. The molecule has 9 heteroatoms. The Morgan fingerprint density at radius 2 is 2.08 bits per heavy atom. The normalized spacial score (nSPS) is 15.0. The van der Waals surface area contributed by atoms with Crippen LogP contribution in [0.25, 0.3) is 0 Å². The van der Waals surface area contributed by atoms with Crippen molar-refractivity contribution in [2.45, 2.75) is 38.4 Å². The summed E-state index contributed by atoms with van der Waals surface area (Å²) in [6.45, 7) is 3.70. The van der Waals surface area contributed by atoms with Crippen LogP contribution in [0.3, 0.4) is 0 Å². The van der Waals surface area contributed by atoms with Crippen molar-refractivity contribution in [1.82, 2.24) is 15.3 Å². The highest BCUT2D eigenvalue weighted by molar-refractivity contribution is 7.09. The quantitative estimate of drug-likeness (QED) is 0.816. The summed E-state index contributed by atoms with van der Waals surface area (Å²) in [5, 5.41) is 5.21. The first-order valence-corrected chi connectivity index (χ1v) is 8.98. The van der Waals surface area contributed by atoms with E-state index in [0.29, 0.717) is 5.01 Å². The summed E-state index contributed by atoms with van der Waals surface area (Å²) in [5.41, 5.74) is -1.88. The van der Waals surface area contributed by atoms with Gasteiger partial charge >= 0.3 is 6.18 Å². The van der Waals surface area contributed by atoms with E-state index in [1.807, 2.05) is 0 Å². The van der Waals surface area contributed by atoms with Gasteiger partial charge in [-0.25, -0.2) is 9.97 Å². The summed E-state index contributed by atoms with van der Waals surface area (Å²) in [7, 11) is 0. The monoisotopic (exact) mass is 385 g/mol. The van der Waals surface area contributed by atoms with Gasteiger partial charge in [-0.2, -0.15) is 13.2 Å². The van der Waals surface area contributed by atoms with Gasteiger partial charge in [0.05, 0.1) is 12.1 Å². The average Bonchev–Trinajstić information content (AvgIpc) is 3.20. The minimum Gasteiger partial charge on any atom is -0.477 e. The molecule has 5 nitrogen and oxygen atoms in total. The lowest BCUT2D eigenvalue weighted by molar-refractivity contribution is -0.139. The van der Waals surface area contributed by atoms with Gasteiger partial charge in [0.1, 0.15) is 16.3 Å². The molecule has 0 unspecified atom stereocenters. The lowest BCUT2D eigenvalue weighted by atomic mass is 10.1. The second kappa shape index (κ2) is 6.86. The van der Waals surface area contributed by atoms with Gasteiger partial charge in [-0.3, -0.25) is 4.79 Å². The Morgan fingerprint density at radius 3 is 2.65 bits per heavy atom. The van der Waals surface area contributed by atoms with Crippen molar-refractivity contribution in [2.24, 2.45) is 5.92 Å². The maximum Gasteiger partial charge on any atom is 0.421 e. The zero-order valence-electron chi connectivity index (χ0n) is 14.3. The van der Waals surface area contributed by atoms with E-state index in [1.54, 1.807) is 25.4 Å². The van der Waals surface area contributed by atoms with Crippen LogP contribution >= 0.6 is 11.3 Å². The number of halogens is 3. The Hall–Kier alpha value is -2.16. The van der Waals surface area contributed by atoms with Crippen LogP contribution in [0.15, 0.2) is 23.7 Å². The lowest BCUT2D eigenvalue weighted by Gasteiger charge is -2.23. The van der Waals surface area contributed by atoms with E-state index in [1.165, 1.54) is 11.3 Å². The summed E-state index contributed by atoms with van der Waals surface area (Å²) < 4.78 is 44.7. The van der Waals surface area contributed by atoms with Crippen LogP contribution in [0.4, 0.5) is 13.2 Å². The van der Waals surface area contributed by atoms with Gasteiger partial charge in [-0.1, -0.05) is 0 Å². The van der Waals surface area contributed by atoms with Crippen molar-refractivity contribution in [1.29, 1.82) is 0 Å². The Bertz CT molecular complexity index is 787. The number of carbonyl (C=O) groups is 1. The van der Waals surface area contributed by atoms with Gasteiger partial charge in [0.25, 0.3) is 5.91 Å². The molecule has 1 aliphatic rings. The van der Waals surface area contributed by atoms with Crippen LogP contribution in [0.1, 0.15) is 47.7 Å². The van der Waals surface area contributed by atoms with E-state index < -0.39 is 29.1 Å². The Balaban J connectivity index is 1.82. The van der Waals surface area contributed by atoms with Crippen molar-refractivity contribution < 1.29 is 22.7 Å². The number of aromatic nitrogens is 2. The molecule has 0 saturated heterocycles. The Kier molecular flexibility index (Phi) is 4.92. The second-order valence-corrected chi connectivity index (χ2v) is 7.61. The smallest absolute Gasteiger partial charge is 0.421 e. The Labute approximate surface area is 152 Å². The molecular weight excluding hydrogens is 367 g/mol. The van der Waals surface area contributed by atoms with E-state index in [2.05, 4.69) is 15.3 Å². The van der Waals surface area contributed by atoms with E-state index in [0.717, 1.165) is 25.0 Å². The number of nitrogens with zero attached hydrogens (tertiary/aromatic N) is 2. The predicted octanol–water partition coefficient (Wildman–Crippen LogP) is 4.01. The molecule has 0 atom stereocenters. The van der Waals surface area contributed by atoms with Crippen LogP contribution < -0.4 is 10.1 Å². The first-order valence-electron chi connectivity index (χ1n) is 8.10. The maximum atomic E-state index is 13.2. The SMILES string of the molecule is CC(C)(NC(=O)c1ccc(C(F)(F)F)c(OCC2CC2)n1)c1nccs1. The van der Waals surface area contributed by atoms with Crippen LogP contribution in [0, 0.1) is 5.92 Å². The van der Waals surface area contributed by atoms with Crippen molar-refractivity contribution >= 4 is 17.2 Å². The molecule has 1 saturated carbocycles. The molecule has 3 rings (SSSR count). The zero-order valence-corrected chi connectivity index (χ0v) is 15.1. The molecule has 0 radical (unpaired) electrons. The fraction of sp³-hybridized carbons (Fsp3) is 0.471. The molecule has 2 aromatic heterocycles. The molecule has 0 aromatic carbocycles. The molecule has 26 heavy (non-hydrogen) atoms. The predicted molar refractivity (Wildman–Crippen MR) is 90.1 cm³/mol. The number of pyridine rings is 1. The van der Waals surface area contributed by atoms with Gasteiger partial charge in [0.2, 0.25) is 5.88 Å². The van der Waals surface area contributed by atoms with Crippen molar-refractivity contribution in [3.63, 3.8) is 0 Å². The lowest BCUT2D eigenvalue weighted by Crippen LogP contribution is -2.41. The van der Waals surface area contributed by atoms with E-state index in [4.69, 9.17) is 4.74 Å². The molecule has 0 spiro atoms. The maximum absolute atomic E-state index is 13.2. The van der Waals surface area contributed by atoms with Crippen molar-refractivity contribution in [3.05, 3.63) is 40.0 Å². The molecule has 1 amide bonds. The number of rotatable bonds is 6. The van der Waals surface area contributed by atoms with Crippen LogP contribution in [-0.4, -0.2) is 22.5 Å². The number of amides is 1. The highest BCUT2D eigenvalue weighted by Gasteiger charge is 2.37. The summed E-state index contributed by atoms with van der Waals surface area (Å²) in [4.78, 5) is 20.5. The number of carbonyl (C=O) groups excluding carboxylic acids is 1. The van der Waals surface area contributed by atoms with Crippen molar-refractivity contribution in [3.8, 4) is 5.88 Å². The van der Waals surface area contributed by atoms with E-state index in [9.17, 15) is 18.0 Å². The van der Waals surface area contributed by atoms with Crippen molar-refractivity contribution in [2.75, 3.05) is 6.61 Å². The Morgan fingerprint density at radius 1 is 1.35 bits per heavy atom. The number of thiazole rings is 1. The largest absolute Gasteiger partial charge is 0.477 e. The molecule has 0 bridgehead atoms. The van der Waals surface area contributed by atoms with Gasteiger partial charge in [-0.05, 0) is 44.7 Å². The van der Waals surface area contributed by atoms with Crippen LogP contribution in [-0.2, 0) is 11.7 Å². The van der Waals surface area contributed by atoms with Crippen LogP contribution in [0.2, 0.25) is 0 Å². The third-order valence-corrected chi connectivity index (χ3v) is 5.04. The molecule has 1 N–H and O–H groups in total. The fourth-order valence-corrected chi connectivity index (χ4v) is 3.03. The molecule has 140 valence electrons. The summed E-state index contributed by atoms with van der Waals surface area (Å²) in [6.07, 6.45) is -1.11. The van der Waals surface area contributed by atoms with Gasteiger partial charge in [-0.15, -0.1) is 11.3 Å². The van der Waals surface area contributed by atoms with Gasteiger partial charge in [0.15, 0.2) is 0 Å². The molecule has 1 aliphatic carbocycles. The molecule has 2 aromatic rings. The number of alkyl halides is 3. The minimum absolute atomic E-state index is 0.131. The summed E-state index contributed by atoms with van der Waals surface area (Å²) in [5.74, 6) is -0.876. The van der Waals surface area contributed by atoms with E-state index in [-0.39, 0.29) is 18.2 Å². The van der Waals surface area contributed by atoms with Gasteiger partial charge < -0.3 is 10.1 Å². The summed E-state index contributed by atoms with van der Waals surface area (Å²) in [6, 6.07) is 1.89. The molecule has 1 fully saturated rings. The standard InChI is InChI=1S/C17H18F3N3O2S/c1-16(2,15-21-7-8-26-15)23-13(24)12-6-5-11(17(18,19)20)14(22-12)25-9-10-3-4-10/h5-8,10H,3-4,9H2,1-2H3,(H,23,24). The third kappa shape index (κ3) is 4.32. The fourth-order valence-electron chi connectivity index (χ4n) is 2.31. The highest BCUT2D eigenvalue weighted by Crippen LogP contribution is 2.37. The van der Waals surface area contributed by atoms with Gasteiger partial charge in [0, 0.05) is 11.6 Å².